The summed E-state index contributed by atoms with van der Waals surface area (Å²) in [7, 11) is 3.86. The van der Waals surface area contributed by atoms with E-state index in [2.05, 4.69) is 21.3 Å². The van der Waals surface area contributed by atoms with Crippen molar-refractivity contribution in [3.8, 4) is 23.0 Å². The van der Waals surface area contributed by atoms with Gasteiger partial charge in [0.15, 0.2) is 60.0 Å². The Labute approximate surface area is 276 Å². The Kier molecular flexibility index (Phi) is 11.4. The number of fused-ring (bicyclic) bond motifs is 2. The molecule has 0 radical (unpaired) electrons. The van der Waals surface area contributed by atoms with E-state index in [9.17, 15) is 19.2 Å². The van der Waals surface area contributed by atoms with E-state index in [1.165, 1.54) is 33.5 Å². The van der Waals surface area contributed by atoms with Gasteiger partial charge in [-0.05, 0) is 28.2 Å². The van der Waals surface area contributed by atoms with Crippen LogP contribution in [0.15, 0.2) is 24.3 Å². The van der Waals surface area contributed by atoms with Gasteiger partial charge < -0.3 is 23.7 Å². The summed E-state index contributed by atoms with van der Waals surface area (Å²) >= 11 is 3.53. The molecule has 0 spiro atoms. The summed E-state index contributed by atoms with van der Waals surface area (Å²) in [5.74, 6) is -3.54. The maximum absolute atomic E-state index is 15.5. The van der Waals surface area contributed by atoms with E-state index >= 15 is 8.78 Å². The van der Waals surface area contributed by atoms with Gasteiger partial charge in [0.25, 0.3) is 0 Å². The molecule has 4 rings (SSSR count). The number of nitrogens with zero attached hydrogens (tertiary/aromatic N) is 2. The zero-order chi connectivity index (χ0) is 32.8. The summed E-state index contributed by atoms with van der Waals surface area (Å²) < 4.78 is 57.9. The second-order valence-electron chi connectivity index (χ2n) is 9.28. The number of esters is 1. The number of hydrogen-bond donors (Lipinski definition) is 0. The van der Waals surface area contributed by atoms with Crippen LogP contribution in [0.1, 0.15) is 45.3 Å². The van der Waals surface area contributed by atoms with Crippen LogP contribution < -0.4 is 18.9 Å². The van der Waals surface area contributed by atoms with Crippen LogP contribution in [0.5, 0.6) is 23.0 Å². The summed E-state index contributed by atoms with van der Waals surface area (Å²) in [6.07, 6.45) is -0.270. The van der Waals surface area contributed by atoms with Crippen molar-refractivity contribution in [3.63, 3.8) is 0 Å². The van der Waals surface area contributed by atoms with Crippen LogP contribution in [-0.2, 0) is 14.3 Å². The Balaban J connectivity index is 1.47. The SMILES string of the molecule is C=C(COc1c(OC)cc2sc(C(=O)CCC(=O)I)nc2c1F)COc1c(OC)cc2sc(C(=O)CCC(=O)OC)nc2c1F. The molecule has 0 aliphatic rings. The molecule has 2 heterocycles. The molecule has 0 atom stereocenters. The maximum atomic E-state index is 15.5. The molecule has 0 saturated carbocycles. The number of Topliss-reactive ketones (excluding diaryl/α,β-unsaturated/α-hetero) is 2. The highest BCUT2D eigenvalue weighted by molar-refractivity contribution is 14.1. The zero-order valence-corrected chi connectivity index (χ0v) is 27.9. The van der Waals surface area contributed by atoms with Crippen LogP contribution in [0.2, 0.25) is 0 Å². The molecule has 0 bridgehead atoms. The first-order valence-electron chi connectivity index (χ1n) is 13.0. The monoisotopic (exact) mass is 774 g/mol. The predicted molar refractivity (Wildman–Crippen MR) is 171 cm³/mol. The minimum Gasteiger partial charge on any atom is -0.493 e. The second-order valence-corrected chi connectivity index (χ2v) is 12.5. The van der Waals surface area contributed by atoms with Crippen molar-refractivity contribution in [2.45, 2.75) is 25.7 Å². The van der Waals surface area contributed by atoms with Gasteiger partial charge in [0.2, 0.25) is 0 Å². The van der Waals surface area contributed by atoms with Crippen LogP contribution >= 0.6 is 45.3 Å². The first-order valence-corrected chi connectivity index (χ1v) is 15.8. The van der Waals surface area contributed by atoms with Crippen molar-refractivity contribution < 1.29 is 51.6 Å². The summed E-state index contributed by atoms with van der Waals surface area (Å²) in [5.41, 5.74) is 0.0854. The van der Waals surface area contributed by atoms with Gasteiger partial charge in [-0.2, -0.15) is 0 Å². The molecule has 0 aliphatic carbocycles. The number of aromatic nitrogens is 2. The standard InChI is InChI=1S/C29H25F2IN2O9S2/c1-13(11-42-26-16(39-2)9-18-24(22(26)30)33-28(44-18)14(35)5-7-20(32)37)12-43-27-17(40-3)10-19-25(23(27)31)34-29(45-19)15(36)6-8-21(38)41-4/h9-10H,1,5-8,11-12H2,2-4H3. The fourth-order valence-electron chi connectivity index (χ4n) is 3.92. The van der Waals surface area contributed by atoms with Crippen molar-refractivity contribution in [3.05, 3.63) is 45.9 Å². The predicted octanol–water partition coefficient (Wildman–Crippen LogP) is 6.28. The summed E-state index contributed by atoms with van der Waals surface area (Å²) in [4.78, 5) is 55.7. The van der Waals surface area contributed by atoms with Gasteiger partial charge in [-0.3, -0.25) is 19.2 Å². The fraction of sp³-hybridized carbons (Fsp3) is 0.310. The van der Waals surface area contributed by atoms with E-state index in [4.69, 9.17) is 18.9 Å². The Morgan fingerprint density at radius 3 is 1.62 bits per heavy atom. The molecule has 0 saturated heterocycles. The highest BCUT2D eigenvalue weighted by Crippen LogP contribution is 2.40. The van der Waals surface area contributed by atoms with Gasteiger partial charge in [0, 0.05) is 31.4 Å². The van der Waals surface area contributed by atoms with E-state index in [0.717, 1.165) is 22.7 Å². The average Bonchev–Trinajstić information content (AvgIpc) is 3.66. The molecule has 2 aromatic carbocycles. The number of ketones is 2. The van der Waals surface area contributed by atoms with Gasteiger partial charge in [0.05, 0.1) is 37.2 Å². The highest BCUT2D eigenvalue weighted by Gasteiger charge is 2.24. The van der Waals surface area contributed by atoms with Gasteiger partial charge in [-0.15, -0.1) is 22.7 Å². The fourth-order valence-corrected chi connectivity index (χ4v) is 6.11. The molecule has 238 valence electrons. The first-order chi connectivity index (χ1) is 21.5. The van der Waals surface area contributed by atoms with Crippen LogP contribution in [0.4, 0.5) is 8.78 Å². The van der Waals surface area contributed by atoms with Crippen LogP contribution in [0.3, 0.4) is 0 Å². The van der Waals surface area contributed by atoms with Gasteiger partial charge in [-0.1, -0.05) is 6.58 Å². The third-order valence-electron chi connectivity index (χ3n) is 6.18. The van der Waals surface area contributed by atoms with Crippen molar-refractivity contribution in [2.24, 2.45) is 0 Å². The third-order valence-corrected chi connectivity index (χ3v) is 8.81. The van der Waals surface area contributed by atoms with Gasteiger partial charge in [0.1, 0.15) is 24.2 Å². The van der Waals surface area contributed by atoms with Crippen LogP contribution in [0.25, 0.3) is 20.4 Å². The van der Waals surface area contributed by atoms with E-state index in [-0.39, 0.29) is 98.1 Å². The molecule has 0 aliphatic heterocycles. The minimum absolute atomic E-state index is 0.0186. The van der Waals surface area contributed by atoms with E-state index < -0.39 is 23.4 Å². The van der Waals surface area contributed by atoms with Crippen LogP contribution in [0, 0.1) is 11.6 Å². The first kappa shape index (κ1) is 34.1. The lowest BCUT2D eigenvalue weighted by Crippen LogP contribution is -2.11. The van der Waals surface area contributed by atoms with Gasteiger partial charge in [-0.25, -0.2) is 18.7 Å². The lowest BCUT2D eigenvalue weighted by molar-refractivity contribution is -0.140. The molecule has 2 aromatic heterocycles. The summed E-state index contributed by atoms with van der Waals surface area (Å²) in [6, 6.07) is 2.96. The molecule has 0 fully saturated rings. The van der Waals surface area contributed by atoms with Crippen molar-refractivity contribution in [1.82, 2.24) is 9.97 Å². The number of rotatable bonds is 16. The summed E-state index contributed by atoms with van der Waals surface area (Å²) in [5, 5.41) is 0.0781. The third kappa shape index (κ3) is 7.91. The molecule has 16 heteroatoms. The molecular weight excluding hydrogens is 749 g/mol. The number of ether oxygens (including phenoxy) is 5. The van der Waals surface area contributed by atoms with Crippen molar-refractivity contribution in [2.75, 3.05) is 34.5 Å². The lowest BCUT2D eigenvalue weighted by atomic mass is 10.2. The van der Waals surface area contributed by atoms with Crippen molar-refractivity contribution in [1.29, 1.82) is 0 Å². The molecule has 11 nitrogen and oxygen atoms in total. The Morgan fingerprint density at radius 1 is 0.778 bits per heavy atom. The van der Waals surface area contributed by atoms with Crippen molar-refractivity contribution >= 4 is 87.0 Å². The lowest BCUT2D eigenvalue weighted by Gasteiger charge is -2.15. The highest BCUT2D eigenvalue weighted by atomic mass is 127. The quantitative estimate of drug-likeness (QED) is 0.0418. The zero-order valence-electron chi connectivity index (χ0n) is 24.1. The molecule has 45 heavy (non-hydrogen) atoms. The number of methoxy groups -OCH3 is 3. The number of hydrogen-bond acceptors (Lipinski definition) is 13. The number of carbonyl (C=O) groups excluding carboxylic acids is 4. The molecule has 0 amide bonds. The number of carbonyl (C=O) groups is 4. The minimum atomic E-state index is -0.865. The molecule has 0 unspecified atom stereocenters. The second kappa shape index (κ2) is 15.0. The smallest absolute Gasteiger partial charge is 0.305 e. The van der Waals surface area contributed by atoms with E-state index in [1.54, 1.807) is 22.6 Å². The maximum Gasteiger partial charge on any atom is 0.305 e. The normalized spacial score (nSPS) is 11.0. The average molecular weight is 775 g/mol. The largest absolute Gasteiger partial charge is 0.493 e. The molecule has 0 N–H and O–H groups in total. The van der Waals surface area contributed by atoms with Gasteiger partial charge >= 0.3 is 5.97 Å². The Morgan fingerprint density at radius 2 is 1.22 bits per heavy atom. The summed E-state index contributed by atoms with van der Waals surface area (Å²) in [6.45, 7) is 3.34. The molecule has 4 aromatic rings. The van der Waals surface area contributed by atoms with Crippen LogP contribution in [-0.4, -0.2) is 65.8 Å². The topological polar surface area (TPSA) is 140 Å². The van der Waals surface area contributed by atoms with E-state index in [1.807, 2.05) is 0 Å². The molecular formula is C29H25F2IN2O9S2. The van der Waals surface area contributed by atoms with E-state index in [0.29, 0.717) is 9.40 Å². The number of benzene rings is 2. The number of thiazole rings is 2. The number of halogens is 3. The Hall–Kier alpha value is -3.77. The Bertz CT molecular complexity index is 1820.